The number of hydrogen-bond donors (Lipinski definition) is 0. The third-order valence-corrected chi connectivity index (χ3v) is 4.90. The molecule has 0 aliphatic carbocycles. The van der Waals surface area contributed by atoms with Crippen molar-refractivity contribution in [2.24, 2.45) is 0 Å². The number of fused-ring (bicyclic) bond motifs is 1. The second-order valence-corrected chi connectivity index (χ2v) is 6.43. The van der Waals surface area contributed by atoms with E-state index in [-0.39, 0.29) is 5.78 Å². The Morgan fingerprint density at radius 3 is 2.38 bits per heavy atom. The molecule has 0 bridgehead atoms. The van der Waals surface area contributed by atoms with Gasteiger partial charge in [0.15, 0.2) is 17.3 Å². The van der Waals surface area contributed by atoms with Gasteiger partial charge >= 0.3 is 0 Å². The van der Waals surface area contributed by atoms with E-state index in [0.717, 1.165) is 10.0 Å². The maximum Gasteiger partial charge on any atom is 0.194 e. The Morgan fingerprint density at radius 2 is 1.67 bits per heavy atom. The van der Waals surface area contributed by atoms with Crippen LogP contribution in [0.2, 0.25) is 0 Å². The van der Waals surface area contributed by atoms with Gasteiger partial charge in [0.2, 0.25) is 0 Å². The number of halogens is 2. The van der Waals surface area contributed by atoms with Crippen molar-refractivity contribution < 1.29 is 14.3 Å². The molecule has 0 atom stereocenters. The molecule has 0 amide bonds. The lowest BCUT2D eigenvalue weighted by molar-refractivity contribution is 0.103. The SMILES string of the molecule is Cc1c(Br)cccc1C(=O)c1cc2c(cc1Br)OCCO2. The summed E-state index contributed by atoms with van der Waals surface area (Å²) < 4.78 is 12.7. The van der Waals surface area contributed by atoms with Crippen molar-refractivity contribution in [3.63, 3.8) is 0 Å². The summed E-state index contributed by atoms with van der Waals surface area (Å²) in [5.41, 5.74) is 2.16. The Kier molecular flexibility index (Phi) is 4.04. The molecular weight excluding hydrogens is 400 g/mol. The lowest BCUT2D eigenvalue weighted by atomic mass is 9.99. The molecule has 5 heteroatoms. The molecule has 0 radical (unpaired) electrons. The zero-order valence-corrected chi connectivity index (χ0v) is 14.5. The molecule has 108 valence electrons. The number of rotatable bonds is 2. The highest BCUT2D eigenvalue weighted by molar-refractivity contribution is 9.10. The molecule has 2 aromatic rings. The van der Waals surface area contributed by atoms with Gasteiger partial charge in [-0.05, 0) is 46.6 Å². The van der Waals surface area contributed by atoms with Gasteiger partial charge in [0.05, 0.1) is 0 Å². The largest absolute Gasteiger partial charge is 0.486 e. The van der Waals surface area contributed by atoms with E-state index in [0.29, 0.717) is 40.3 Å². The molecule has 3 rings (SSSR count). The number of ether oxygens (including phenoxy) is 2. The van der Waals surface area contributed by atoms with Crippen molar-refractivity contribution in [1.29, 1.82) is 0 Å². The predicted octanol–water partition coefficient (Wildman–Crippen LogP) is 4.52. The first kappa shape index (κ1) is 14.6. The van der Waals surface area contributed by atoms with E-state index in [4.69, 9.17) is 9.47 Å². The van der Waals surface area contributed by atoms with Gasteiger partial charge in [0.25, 0.3) is 0 Å². The van der Waals surface area contributed by atoms with Crippen molar-refractivity contribution in [2.45, 2.75) is 6.92 Å². The Bertz CT molecular complexity index is 726. The van der Waals surface area contributed by atoms with Crippen molar-refractivity contribution in [3.8, 4) is 11.5 Å². The second kappa shape index (κ2) is 5.81. The fourth-order valence-electron chi connectivity index (χ4n) is 2.24. The van der Waals surface area contributed by atoms with Crippen LogP contribution in [0.5, 0.6) is 11.5 Å². The maximum absolute atomic E-state index is 12.8. The number of carbonyl (C=O) groups excluding carboxylic acids is 1. The summed E-state index contributed by atoms with van der Waals surface area (Å²) >= 11 is 6.91. The third-order valence-electron chi connectivity index (χ3n) is 3.39. The molecule has 1 aliphatic heterocycles. The molecule has 1 heterocycles. The van der Waals surface area contributed by atoms with E-state index in [9.17, 15) is 4.79 Å². The van der Waals surface area contributed by atoms with E-state index in [1.165, 1.54) is 0 Å². The highest BCUT2D eigenvalue weighted by Crippen LogP contribution is 2.36. The number of ketones is 1. The standard InChI is InChI=1S/C16H12Br2O3/c1-9-10(3-2-4-12(9)17)16(19)11-7-14-15(8-13(11)18)21-6-5-20-14/h2-4,7-8H,5-6H2,1H3. The Morgan fingerprint density at radius 1 is 1.00 bits per heavy atom. The number of carbonyl (C=O) groups is 1. The number of benzene rings is 2. The average Bonchev–Trinajstić information content (AvgIpc) is 2.48. The highest BCUT2D eigenvalue weighted by Gasteiger charge is 2.21. The second-order valence-electron chi connectivity index (χ2n) is 4.72. The minimum Gasteiger partial charge on any atom is -0.486 e. The minimum absolute atomic E-state index is 0.0438. The molecule has 0 saturated carbocycles. The fourth-order valence-corrected chi connectivity index (χ4v) is 3.11. The fraction of sp³-hybridized carbons (Fsp3) is 0.188. The summed E-state index contributed by atoms with van der Waals surface area (Å²) in [5.74, 6) is 1.23. The molecule has 0 aromatic heterocycles. The third kappa shape index (κ3) is 2.72. The zero-order valence-electron chi connectivity index (χ0n) is 11.3. The van der Waals surface area contributed by atoms with Gasteiger partial charge < -0.3 is 9.47 Å². The minimum atomic E-state index is -0.0438. The summed E-state index contributed by atoms with van der Waals surface area (Å²) in [6, 6.07) is 9.13. The smallest absolute Gasteiger partial charge is 0.194 e. The normalized spacial score (nSPS) is 13.1. The van der Waals surface area contributed by atoms with Crippen molar-refractivity contribution in [3.05, 3.63) is 56.0 Å². The van der Waals surface area contributed by atoms with Gasteiger partial charge in [-0.3, -0.25) is 4.79 Å². The van der Waals surface area contributed by atoms with Gasteiger partial charge in [-0.2, -0.15) is 0 Å². The molecule has 0 unspecified atom stereocenters. The molecule has 0 N–H and O–H groups in total. The maximum atomic E-state index is 12.8. The van der Waals surface area contributed by atoms with Crippen LogP contribution in [0.25, 0.3) is 0 Å². The Labute approximate surface area is 139 Å². The average molecular weight is 412 g/mol. The molecule has 0 fully saturated rings. The predicted molar refractivity (Wildman–Crippen MR) is 87.4 cm³/mol. The van der Waals surface area contributed by atoms with Crippen LogP contribution < -0.4 is 9.47 Å². The van der Waals surface area contributed by atoms with E-state index in [1.807, 2.05) is 25.1 Å². The lowest BCUT2D eigenvalue weighted by Crippen LogP contribution is -2.16. The van der Waals surface area contributed by atoms with Crippen molar-refractivity contribution in [2.75, 3.05) is 13.2 Å². The topological polar surface area (TPSA) is 35.5 Å². The summed E-state index contributed by atoms with van der Waals surface area (Å²) in [6.07, 6.45) is 0. The molecule has 0 spiro atoms. The molecule has 21 heavy (non-hydrogen) atoms. The molecule has 3 nitrogen and oxygen atoms in total. The van der Waals surface area contributed by atoms with E-state index in [1.54, 1.807) is 12.1 Å². The lowest BCUT2D eigenvalue weighted by Gasteiger charge is -2.19. The van der Waals surface area contributed by atoms with Crippen molar-refractivity contribution >= 4 is 37.6 Å². The van der Waals surface area contributed by atoms with Crippen LogP contribution >= 0.6 is 31.9 Å². The van der Waals surface area contributed by atoms with E-state index < -0.39 is 0 Å². The van der Waals surface area contributed by atoms with E-state index >= 15 is 0 Å². The summed E-state index contributed by atoms with van der Waals surface area (Å²) in [4.78, 5) is 12.8. The molecule has 0 saturated heterocycles. The monoisotopic (exact) mass is 410 g/mol. The summed E-state index contributed by atoms with van der Waals surface area (Å²) in [6.45, 7) is 2.94. The van der Waals surface area contributed by atoms with Gasteiger partial charge in [-0.15, -0.1) is 0 Å². The zero-order chi connectivity index (χ0) is 15.0. The van der Waals surface area contributed by atoms with Gasteiger partial charge in [0, 0.05) is 20.1 Å². The van der Waals surface area contributed by atoms with Gasteiger partial charge in [0.1, 0.15) is 13.2 Å². The van der Waals surface area contributed by atoms with Crippen LogP contribution in [0, 0.1) is 6.92 Å². The Hall–Kier alpha value is -1.33. The molecule has 1 aliphatic rings. The quantitative estimate of drug-likeness (QED) is 0.681. The van der Waals surface area contributed by atoms with Crippen LogP contribution in [0.4, 0.5) is 0 Å². The van der Waals surface area contributed by atoms with Crippen LogP contribution in [-0.4, -0.2) is 19.0 Å². The van der Waals surface area contributed by atoms with Crippen LogP contribution in [0.1, 0.15) is 21.5 Å². The van der Waals surface area contributed by atoms with Crippen LogP contribution in [0.3, 0.4) is 0 Å². The summed E-state index contributed by atoms with van der Waals surface area (Å²) in [7, 11) is 0. The highest BCUT2D eigenvalue weighted by atomic mass is 79.9. The molecular formula is C16H12Br2O3. The van der Waals surface area contributed by atoms with Crippen molar-refractivity contribution in [1.82, 2.24) is 0 Å². The first-order chi connectivity index (χ1) is 10.1. The van der Waals surface area contributed by atoms with Gasteiger partial charge in [-0.25, -0.2) is 0 Å². The Balaban J connectivity index is 2.07. The van der Waals surface area contributed by atoms with Crippen LogP contribution in [-0.2, 0) is 0 Å². The van der Waals surface area contributed by atoms with Gasteiger partial charge in [-0.1, -0.05) is 28.1 Å². The first-order valence-electron chi connectivity index (χ1n) is 6.47. The first-order valence-corrected chi connectivity index (χ1v) is 8.05. The van der Waals surface area contributed by atoms with Crippen LogP contribution in [0.15, 0.2) is 39.3 Å². The number of hydrogen-bond acceptors (Lipinski definition) is 3. The summed E-state index contributed by atoms with van der Waals surface area (Å²) in [5, 5.41) is 0. The van der Waals surface area contributed by atoms with E-state index in [2.05, 4.69) is 31.9 Å². The molecule has 2 aromatic carbocycles.